The minimum atomic E-state index is 0.570. The standard InChI is InChI=1S/C15H17N3OS/c1-10-15(16)17-13-7-11(3-4-14(13)19-10)8-18(2)12-5-6-20-9-12/h3-7,9,17H,8,16H2,1-2H3. The minimum Gasteiger partial charge on any atom is -0.456 e. The molecule has 1 aromatic carbocycles. The number of ether oxygens (including phenoxy) is 1. The Bertz CT molecular complexity index is 649. The maximum absolute atomic E-state index is 5.86. The molecule has 0 unspecified atom stereocenters. The van der Waals surface area contributed by atoms with Gasteiger partial charge in [0, 0.05) is 24.7 Å². The number of fused-ring (bicyclic) bond motifs is 1. The summed E-state index contributed by atoms with van der Waals surface area (Å²) in [6, 6.07) is 8.26. The number of allylic oxidation sites excluding steroid dienone is 1. The first-order chi connectivity index (χ1) is 9.63. The van der Waals surface area contributed by atoms with E-state index in [1.54, 1.807) is 11.3 Å². The summed E-state index contributed by atoms with van der Waals surface area (Å²) in [4.78, 5) is 2.21. The van der Waals surface area contributed by atoms with Crippen molar-refractivity contribution in [2.45, 2.75) is 13.5 Å². The predicted octanol–water partition coefficient (Wildman–Crippen LogP) is 3.34. The Balaban J connectivity index is 1.79. The second-order valence-electron chi connectivity index (χ2n) is 4.87. The van der Waals surface area contributed by atoms with E-state index in [-0.39, 0.29) is 0 Å². The van der Waals surface area contributed by atoms with Gasteiger partial charge in [-0.05, 0) is 36.1 Å². The maximum atomic E-state index is 5.86. The molecule has 5 heteroatoms. The molecule has 0 amide bonds. The fourth-order valence-corrected chi connectivity index (χ4v) is 2.85. The fraction of sp³-hybridized carbons (Fsp3) is 0.200. The van der Waals surface area contributed by atoms with Crippen molar-refractivity contribution in [1.82, 2.24) is 0 Å². The molecule has 1 aliphatic heterocycles. The molecule has 4 nitrogen and oxygen atoms in total. The Labute approximate surface area is 122 Å². The van der Waals surface area contributed by atoms with Crippen LogP contribution in [0.2, 0.25) is 0 Å². The van der Waals surface area contributed by atoms with E-state index in [1.165, 1.54) is 11.3 Å². The van der Waals surface area contributed by atoms with Crippen LogP contribution >= 0.6 is 11.3 Å². The summed E-state index contributed by atoms with van der Waals surface area (Å²) in [5.74, 6) is 2.10. The molecular weight excluding hydrogens is 270 g/mol. The van der Waals surface area contributed by atoms with Gasteiger partial charge in [0.15, 0.2) is 5.75 Å². The van der Waals surface area contributed by atoms with Gasteiger partial charge in [-0.1, -0.05) is 6.07 Å². The SMILES string of the molecule is CC1=C(N)Nc2cc(CN(C)c3ccsc3)ccc2O1. The molecule has 0 fully saturated rings. The number of thiophene rings is 1. The number of benzene rings is 1. The molecule has 104 valence electrons. The van der Waals surface area contributed by atoms with Crippen LogP contribution in [-0.2, 0) is 6.54 Å². The zero-order valence-electron chi connectivity index (χ0n) is 11.5. The average Bonchev–Trinajstić information content (AvgIpc) is 2.94. The maximum Gasteiger partial charge on any atom is 0.150 e. The normalized spacial score (nSPS) is 13.5. The van der Waals surface area contributed by atoms with E-state index < -0.39 is 0 Å². The van der Waals surface area contributed by atoms with Crippen LogP contribution in [0.4, 0.5) is 11.4 Å². The Morgan fingerprint density at radius 2 is 2.20 bits per heavy atom. The number of rotatable bonds is 3. The van der Waals surface area contributed by atoms with Gasteiger partial charge in [0.05, 0.1) is 5.69 Å². The molecule has 20 heavy (non-hydrogen) atoms. The predicted molar refractivity (Wildman–Crippen MR) is 84.0 cm³/mol. The molecular formula is C15H17N3OS. The van der Waals surface area contributed by atoms with Gasteiger partial charge >= 0.3 is 0 Å². The van der Waals surface area contributed by atoms with E-state index in [2.05, 4.69) is 46.2 Å². The highest BCUT2D eigenvalue weighted by Crippen LogP contribution is 2.32. The van der Waals surface area contributed by atoms with E-state index in [1.807, 2.05) is 13.0 Å². The summed E-state index contributed by atoms with van der Waals surface area (Å²) in [6.45, 7) is 2.69. The highest BCUT2D eigenvalue weighted by molar-refractivity contribution is 7.08. The van der Waals surface area contributed by atoms with Crippen LogP contribution in [0, 0.1) is 0 Å². The highest BCUT2D eigenvalue weighted by atomic mass is 32.1. The summed E-state index contributed by atoms with van der Waals surface area (Å²) in [6.07, 6.45) is 0. The van der Waals surface area contributed by atoms with Crippen LogP contribution in [0.1, 0.15) is 12.5 Å². The van der Waals surface area contributed by atoms with E-state index in [4.69, 9.17) is 10.5 Å². The third-order valence-electron chi connectivity index (χ3n) is 3.32. The van der Waals surface area contributed by atoms with Crippen LogP contribution in [-0.4, -0.2) is 7.05 Å². The molecule has 1 aromatic heterocycles. The first-order valence-electron chi connectivity index (χ1n) is 6.41. The van der Waals surface area contributed by atoms with Crippen LogP contribution in [0.25, 0.3) is 0 Å². The topological polar surface area (TPSA) is 50.5 Å². The van der Waals surface area contributed by atoms with Gasteiger partial charge in [-0.3, -0.25) is 0 Å². The Morgan fingerprint density at radius 3 is 2.95 bits per heavy atom. The third kappa shape index (κ3) is 2.44. The van der Waals surface area contributed by atoms with Gasteiger partial charge in [0.1, 0.15) is 11.6 Å². The van der Waals surface area contributed by atoms with E-state index >= 15 is 0 Å². The van der Waals surface area contributed by atoms with Gasteiger partial charge in [-0.2, -0.15) is 11.3 Å². The van der Waals surface area contributed by atoms with Crippen LogP contribution in [0.3, 0.4) is 0 Å². The first-order valence-corrected chi connectivity index (χ1v) is 7.35. The van der Waals surface area contributed by atoms with Gasteiger partial charge in [0.25, 0.3) is 0 Å². The van der Waals surface area contributed by atoms with E-state index in [0.29, 0.717) is 11.6 Å². The number of nitrogens with zero attached hydrogens (tertiary/aromatic N) is 1. The molecule has 3 N–H and O–H groups in total. The van der Waals surface area contributed by atoms with Crippen LogP contribution < -0.4 is 20.7 Å². The molecule has 2 heterocycles. The first kappa shape index (κ1) is 12.9. The highest BCUT2D eigenvalue weighted by Gasteiger charge is 2.15. The van der Waals surface area contributed by atoms with Crippen molar-refractivity contribution in [1.29, 1.82) is 0 Å². The van der Waals surface area contributed by atoms with Gasteiger partial charge in [-0.15, -0.1) is 0 Å². The molecule has 0 atom stereocenters. The van der Waals surface area contributed by atoms with Gasteiger partial charge in [-0.25, -0.2) is 0 Å². The number of nitrogens with two attached hydrogens (primary N) is 1. The summed E-state index contributed by atoms with van der Waals surface area (Å²) in [5.41, 5.74) is 9.21. The second kappa shape index (κ2) is 5.09. The van der Waals surface area contributed by atoms with Gasteiger partial charge < -0.3 is 20.7 Å². The van der Waals surface area contributed by atoms with Crippen molar-refractivity contribution in [2.24, 2.45) is 5.73 Å². The summed E-state index contributed by atoms with van der Waals surface area (Å²) in [7, 11) is 2.09. The number of hydrogen-bond donors (Lipinski definition) is 2. The molecule has 0 spiro atoms. The molecule has 0 radical (unpaired) electrons. The third-order valence-corrected chi connectivity index (χ3v) is 3.99. The molecule has 0 saturated heterocycles. The zero-order chi connectivity index (χ0) is 14.1. The lowest BCUT2D eigenvalue weighted by atomic mass is 10.1. The lowest BCUT2D eigenvalue weighted by Crippen LogP contribution is -2.20. The lowest BCUT2D eigenvalue weighted by Gasteiger charge is -2.23. The Morgan fingerprint density at radius 1 is 1.35 bits per heavy atom. The monoisotopic (exact) mass is 287 g/mol. The van der Waals surface area contributed by atoms with Gasteiger partial charge in [0.2, 0.25) is 0 Å². The van der Waals surface area contributed by atoms with Crippen molar-refractivity contribution in [3.8, 4) is 5.75 Å². The van der Waals surface area contributed by atoms with Crippen LogP contribution in [0.5, 0.6) is 5.75 Å². The lowest BCUT2D eigenvalue weighted by molar-refractivity contribution is 0.415. The van der Waals surface area contributed by atoms with E-state index in [0.717, 1.165) is 18.0 Å². The second-order valence-corrected chi connectivity index (χ2v) is 5.65. The minimum absolute atomic E-state index is 0.570. The summed E-state index contributed by atoms with van der Waals surface area (Å²) < 4.78 is 5.66. The Kier molecular flexibility index (Phi) is 3.28. The van der Waals surface area contributed by atoms with Crippen LogP contribution in [0.15, 0.2) is 46.6 Å². The Hall–Kier alpha value is -2.14. The van der Waals surface area contributed by atoms with Crippen molar-refractivity contribution >= 4 is 22.7 Å². The zero-order valence-corrected chi connectivity index (χ0v) is 12.3. The fourth-order valence-electron chi connectivity index (χ4n) is 2.15. The largest absolute Gasteiger partial charge is 0.456 e. The molecule has 2 aromatic rings. The van der Waals surface area contributed by atoms with E-state index in [9.17, 15) is 0 Å². The molecule has 0 bridgehead atoms. The van der Waals surface area contributed by atoms with Crippen molar-refractivity contribution < 1.29 is 4.74 Å². The smallest absolute Gasteiger partial charge is 0.150 e. The summed E-state index contributed by atoms with van der Waals surface area (Å²) >= 11 is 1.71. The van der Waals surface area contributed by atoms with Crippen molar-refractivity contribution in [3.05, 3.63) is 52.2 Å². The van der Waals surface area contributed by atoms with Crippen molar-refractivity contribution in [3.63, 3.8) is 0 Å². The number of anilines is 2. The molecule has 0 aliphatic carbocycles. The number of nitrogens with one attached hydrogen (secondary N) is 1. The quantitative estimate of drug-likeness (QED) is 0.909. The van der Waals surface area contributed by atoms with Crippen molar-refractivity contribution in [2.75, 3.05) is 17.3 Å². The average molecular weight is 287 g/mol. The molecule has 0 saturated carbocycles. The number of hydrogen-bond acceptors (Lipinski definition) is 5. The summed E-state index contributed by atoms with van der Waals surface area (Å²) in [5, 5.41) is 7.40. The molecule has 1 aliphatic rings. The molecule has 3 rings (SSSR count).